The monoisotopic (exact) mass is 289 g/mol. The first-order valence-electron chi connectivity index (χ1n) is 8.48. The van der Waals surface area contributed by atoms with Gasteiger partial charge >= 0.3 is 0 Å². The summed E-state index contributed by atoms with van der Waals surface area (Å²) in [5.74, 6) is 4.18. The van der Waals surface area contributed by atoms with Crippen molar-refractivity contribution >= 4 is 11.3 Å². The number of rotatable bonds is 4. The van der Waals surface area contributed by atoms with Gasteiger partial charge in [-0.2, -0.15) is 0 Å². The molecule has 0 saturated heterocycles. The molecule has 0 spiro atoms. The summed E-state index contributed by atoms with van der Waals surface area (Å²) in [5.41, 5.74) is 0. The lowest BCUT2D eigenvalue weighted by Crippen LogP contribution is -2.56. The maximum atomic E-state index is 4.03. The van der Waals surface area contributed by atoms with Gasteiger partial charge < -0.3 is 5.32 Å². The average molecular weight is 289 g/mol. The number of hydrogen-bond donors (Lipinski definition) is 1. The Morgan fingerprint density at radius 1 is 1.10 bits per heavy atom. The molecule has 1 unspecified atom stereocenters. The molecule has 4 aliphatic carbocycles. The summed E-state index contributed by atoms with van der Waals surface area (Å²) in [5, 5.41) is 4.03. The van der Waals surface area contributed by atoms with Crippen LogP contribution in [0.25, 0.3) is 0 Å². The van der Waals surface area contributed by atoms with Gasteiger partial charge in [-0.1, -0.05) is 0 Å². The molecule has 1 atom stereocenters. The van der Waals surface area contributed by atoms with Crippen LogP contribution < -0.4 is 5.32 Å². The third kappa shape index (κ3) is 2.46. The standard InChI is InChI=1S/C18H27NS/c1-11(5-17-4-3-12(2)20-17)19-18-15-7-13-6-14(9-15)10-16(18)8-13/h3-4,11,13-16,18-19H,5-10H2,1-2H3. The van der Waals surface area contributed by atoms with Crippen molar-refractivity contribution < 1.29 is 0 Å². The van der Waals surface area contributed by atoms with Crippen LogP contribution in [0.1, 0.15) is 48.8 Å². The Balaban J connectivity index is 1.39. The van der Waals surface area contributed by atoms with Crippen molar-refractivity contribution in [2.24, 2.45) is 23.7 Å². The minimum Gasteiger partial charge on any atom is -0.311 e. The first-order chi connectivity index (χ1) is 9.67. The van der Waals surface area contributed by atoms with E-state index in [1.807, 2.05) is 11.3 Å². The molecule has 4 aliphatic rings. The van der Waals surface area contributed by atoms with E-state index in [0.29, 0.717) is 6.04 Å². The van der Waals surface area contributed by atoms with Gasteiger partial charge in [0.15, 0.2) is 0 Å². The molecule has 1 N–H and O–H groups in total. The van der Waals surface area contributed by atoms with Crippen molar-refractivity contribution in [3.8, 4) is 0 Å². The molecule has 1 aromatic rings. The van der Waals surface area contributed by atoms with Gasteiger partial charge in [-0.05, 0) is 88.2 Å². The molecular weight excluding hydrogens is 262 g/mol. The number of aryl methyl sites for hydroxylation is 1. The normalized spacial score (nSPS) is 40.2. The van der Waals surface area contributed by atoms with Gasteiger partial charge in [-0.25, -0.2) is 0 Å². The van der Waals surface area contributed by atoms with Crippen LogP contribution >= 0.6 is 11.3 Å². The van der Waals surface area contributed by atoms with E-state index in [1.54, 1.807) is 11.3 Å². The van der Waals surface area contributed by atoms with Crippen LogP contribution in [0.4, 0.5) is 0 Å². The van der Waals surface area contributed by atoms with E-state index >= 15 is 0 Å². The van der Waals surface area contributed by atoms with E-state index in [-0.39, 0.29) is 0 Å². The van der Waals surface area contributed by atoms with E-state index in [0.717, 1.165) is 29.7 Å². The predicted octanol–water partition coefficient (Wildman–Crippen LogP) is 4.40. The second kappa shape index (κ2) is 5.14. The van der Waals surface area contributed by atoms with Gasteiger partial charge in [0, 0.05) is 21.8 Å². The van der Waals surface area contributed by atoms with E-state index < -0.39 is 0 Å². The largest absolute Gasteiger partial charge is 0.311 e. The maximum Gasteiger partial charge on any atom is 0.0127 e. The summed E-state index contributed by atoms with van der Waals surface area (Å²) in [4.78, 5) is 2.99. The molecule has 0 radical (unpaired) electrons. The fourth-order valence-corrected chi connectivity index (χ4v) is 6.50. The molecule has 4 bridgehead atoms. The fraction of sp³-hybridized carbons (Fsp3) is 0.778. The molecule has 5 rings (SSSR count). The van der Waals surface area contributed by atoms with Gasteiger partial charge in [-0.15, -0.1) is 11.3 Å². The van der Waals surface area contributed by atoms with Crippen LogP contribution in [-0.4, -0.2) is 12.1 Å². The van der Waals surface area contributed by atoms with Crippen LogP contribution in [-0.2, 0) is 6.42 Å². The molecular formula is C18H27NS. The lowest BCUT2D eigenvalue weighted by Gasteiger charge is -2.55. The predicted molar refractivity (Wildman–Crippen MR) is 86.2 cm³/mol. The van der Waals surface area contributed by atoms with Crippen LogP contribution in [0.5, 0.6) is 0 Å². The summed E-state index contributed by atoms with van der Waals surface area (Å²) in [7, 11) is 0. The smallest absolute Gasteiger partial charge is 0.0127 e. The van der Waals surface area contributed by atoms with Gasteiger partial charge in [0.2, 0.25) is 0 Å². The quantitative estimate of drug-likeness (QED) is 0.866. The number of nitrogens with one attached hydrogen (secondary N) is 1. The highest BCUT2D eigenvalue weighted by atomic mass is 32.1. The highest BCUT2D eigenvalue weighted by molar-refractivity contribution is 7.11. The lowest BCUT2D eigenvalue weighted by atomic mass is 9.54. The van der Waals surface area contributed by atoms with Crippen LogP contribution in [0.15, 0.2) is 12.1 Å². The molecule has 110 valence electrons. The van der Waals surface area contributed by atoms with Crippen LogP contribution in [0.3, 0.4) is 0 Å². The number of thiophene rings is 1. The Hall–Kier alpha value is -0.340. The molecule has 4 fully saturated rings. The molecule has 4 saturated carbocycles. The molecule has 1 aromatic heterocycles. The topological polar surface area (TPSA) is 12.0 Å². The summed E-state index contributed by atoms with van der Waals surface area (Å²) < 4.78 is 0. The zero-order valence-electron chi connectivity index (χ0n) is 12.8. The van der Waals surface area contributed by atoms with Crippen molar-refractivity contribution in [2.45, 2.75) is 64.5 Å². The van der Waals surface area contributed by atoms with Crippen molar-refractivity contribution in [1.29, 1.82) is 0 Å². The second-order valence-corrected chi connectivity index (χ2v) is 9.11. The Bertz CT molecular complexity index is 450. The second-order valence-electron chi connectivity index (χ2n) is 7.74. The summed E-state index contributed by atoms with van der Waals surface area (Å²) >= 11 is 1.97. The summed E-state index contributed by atoms with van der Waals surface area (Å²) in [6.07, 6.45) is 8.86. The molecule has 0 aliphatic heterocycles. The number of hydrogen-bond acceptors (Lipinski definition) is 2. The first kappa shape index (κ1) is 13.3. The third-order valence-corrected chi connectivity index (χ3v) is 7.03. The molecule has 0 aromatic carbocycles. The molecule has 2 heteroatoms. The Morgan fingerprint density at radius 3 is 2.30 bits per heavy atom. The average Bonchev–Trinajstić information content (AvgIpc) is 2.78. The van der Waals surface area contributed by atoms with E-state index in [2.05, 4.69) is 31.3 Å². The van der Waals surface area contributed by atoms with Crippen molar-refractivity contribution in [2.75, 3.05) is 0 Å². The Morgan fingerprint density at radius 2 is 1.75 bits per heavy atom. The first-order valence-corrected chi connectivity index (χ1v) is 9.30. The van der Waals surface area contributed by atoms with E-state index in [1.165, 1.54) is 37.0 Å². The highest BCUT2D eigenvalue weighted by Crippen LogP contribution is 2.53. The lowest BCUT2D eigenvalue weighted by molar-refractivity contribution is -0.0169. The van der Waals surface area contributed by atoms with Crippen molar-refractivity contribution in [3.63, 3.8) is 0 Å². The van der Waals surface area contributed by atoms with E-state index in [4.69, 9.17) is 0 Å². The van der Waals surface area contributed by atoms with Gasteiger partial charge in [0.05, 0.1) is 0 Å². The summed E-state index contributed by atoms with van der Waals surface area (Å²) in [6.45, 7) is 4.60. The summed E-state index contributed by atoms with van der Waals surface area (Å²) in [6, 6.07) is 6.04. The Labute approximate surface area is 127 Å². The third-order valence-electron chi connectivity index (χ3n) is 6.01. The zero-order valence-corrected chi connectivity index (χ0v) is 13.6. The minimum atomic E-state index is 0.635. The SMILES string of the molecule is Cc1ccc(CC(C)NC2C3CC4CC(C3)CC2C4)s1. The highest BCUT2D eigenvalue weighted by Gasteiger charge is 2.48. The molecule has 1 heterocycles. The maximum absolute atomic E-state index is 4.03. The van der Waals surface area contributed by atoms with Crippen LogP contribution in [0, 0.1) is 30.6 Å². The van der Waals surface area contributed by atoms with Crippen molar-refractivity contribution in [3.05, 3.63) is 21.9 Å². The Kier molecular flexibility index (Phi) is 3.42. The fourth-order valence-electron chi connectivity index (χ4n) is 5.48. The zero-order chi connectivity index (χ0) is 13.7. The van der Waals surface area contributed by atoms with Gasteiger partial charge in [0.25, 0.3) is 0 Å². The molecule has 20 heavy (non-hydrogen) atoms. The van der Waals surface area contributed by atoms with E-state index in [9.17, 15) is 0 Å². The van der Waals surface area contributed by atoms with Crippen molar-refractivity contribution in [1.82, 2.24) is 5.32 Å². The molecule has 0 amide bonds. The van der Waals surface area contributed by atoms with Gasteiger partial charge in [-0.3, -0.25) is 0 Å². The minimum absolute atomic E-state index is 0.635. The van der Waals surface area contributed by atoms with Gasteiger partial charge in [0.1, 0.15) is 0 Å². The molecule has 1 nitrogen and oxygen atoms in total. The van der Waals surface area contributed by atoms with Crippen LogP contribution in [0.2, 0.25) is 0 Å².